The summed E-state index contributed by atoms with van der Waals surface area (Å²) in [5, 5.41) is 10.3. The molecule has 0 saturated carbocycles. The maximum absolute atomic E-state index is 13.4. The predicted octanol–water partition coefficient (Wildman–Crippen LogP) is 5.38. The number of carbonyl (C=O) groups excluding carboxylic acids is 1. The van der Waals surface area contributed by atoms with Gasteiger partial charge in [-0.05, 0) is 81.3 Å². The molecule has 0 aromatic heterocycles. The zero-order chi connectivity index (χ0) is 26.2. The first kappa shape index (κ1) is 26.2. The number of benzene rings is 2. The largest absolute Gasteiger partial charge is 0.479 e. The number of carboxylic acids is 1. The van der Waals surface area contributed by atoms with Crippen molar-refractivity contribution < 1.29 is 24.2 Å². The van der Waals surface area contributed by atoms with Crippen molar-refractivity contribution in [1.29, 1.82) is 0 Å². The van der Waals surface area contributed by atoms with Crippen molar-refractivity contribution in [2.75, 3.05) is 26.3 Å². The number of carboxylic acid groups (broad SMARTS) is 1. The Balaban J connectivity index is 1.83. The average Bonchev–Trinajstić information content (AvgIpc) is 3.09. The molecule has 1 atom stereocenters. The molecule has 7 heteroatoms. The fraction of sp³-hybridized carbons (Fsp3) is 0.517. The van der Waals surface area contributed by atoms with E-state index in [1.807, 2.05) is 75.6 Å². The van der Waals surface area contributed by atoms with E-state index in [0.29, 0.717) is 45.0 Å². The molecule has 4 rings (SSSR count). The quantitative estimate of drug-likeness (QED) is 0.618. The predicted molar refractivity (Wildman–Crippen MR) is 139 cm³/mol. The number of urea groups is 1. The van der Waals surface area contributed by atoms with Gasteiger partial charge in [-0.25, -0.2) is 9.59 Å². The Labute approximate surface area is 214 Å². The lowest BCUT2D eigenvalue weighted by atomic mass is 9.83. The molecule has 1 fully saturated rings. The van der Waals surface area contributed by atoms with Crippen LogP contribution >= 0.6 is 0 Å². The van der Waals surface area contributed by atoms with Crippen molar-refractivity contribution in [3.05, 3.63) is 57.6 Å². The van der Waals surface area contributed by atoms with Gasteiger partial charge < -0.3 is 24.4 Å². The first-order chi connectivity index (χ1) is 17.0. The Bertz CT molecular complexity index is 1140. The molecule has 7 nitrogen and oxygen atoms in total. The van der Waals surface area contributed by atoms with Gasteiger partial charge in [-0.3, -0.25) is 0 Å². The van der Waals surface area contributed by atoms with Crippen LogP contribution in [-0.4, -0.2) is 58.8 Å². The summed E-state index contributed by atoms with van der Waals surface area (Å²) in [6.07, 6.45) is -0.297. The third kappa shape index (κ3) is 5.27. The van der Waals surface area contributed by atoms with Crippen molar-refractivity contribution in [3.8, 4) is 11.1 Å². The van der Waals surface area contributed by atoms with E-state index >= 15 is 0 Å². The zero-order valence-corrected chi connectivity index (χ0v) is 22.3. The fourth-order valence-corrected chi connectivity index (χ4v) is 5.30. The number of aryl methyl sites for hydroxylation is 1. The summed E-state index contributed by atoms with van der Waals surface area (Å²) in [6.45, 7) is 15.1. The zero-order valence-electron chi connectivity index (χ0n) is 22.3. The van der Waals surface area contributed by atoms with Crippen LogP contribution in [0.25, 0.3) is 11.1 Å². The highest BCUT2D eigenvalue weighted by Gasteiger charge is 2.37. The highest BCUT2D eigenvalue weighted by Crippen LogP contribution is 2.43. The molecule has 0 radical (unpaired) electrons. The van der Waals surface area contributed by atoms with E-state index in [1.54, 1.807) is 0 Å². The van der Waals surface area contributed by atoms with Gasteiger partial charge in [0.05, 0.1) is 12.2 Å². The van der Waals surface area contributed by atoms with Gasteiger partial charge in [-0.2, -0.15) is 0 Å². The second-order valence-corrected chi connectivity index (χ2v) is 10.9. The maximum atomic E-state index is 13.4. The van der Waals surface area contributed by atoms with Gasteiger partial charge in [0.2, 0.25) is 0 Å². The minimum atomic E-state index is -1.13. The molecular formula is C29H38N2O5. The topological polar surface area (TPSA) is 79.3 Å². The molecule has 0 unspecified atom stereocenters. The Morgan fingerprint density at radius 3 is 2.19 bits per heavy atom. The lowest BCUT2D eigenvalue weighted by molar-refractivity contribution is -0.160. The summed E-state index contributed by atoms with van der Waals surface area (Å²) in [5.41, 5.74) is 7.03. The van der Waals surface area contributed by atoms with Gasteiger partial charge >= 0.3 is 12.0 Å². The highest BCUT2D eigenvalue weighted by molar-refractivity contribution is 5.85. The Kier molecular flexibility index (Phi) is 7.43. The number of amides is 2. The van der Waals surface area contributed by atoms with Crippen LogP contribution in [0.2, 0.25) is 0 Å². The smallest absolute Gasteiger partial charge is 0.337 e. The normalized spacial score (nSPS) is 17.1. The van der Waals surface area contributed by atoms with Crippen LogP contribution in [0.15, 0.2) is 24.3 Å². The van der Waals surface area contributed by atoms with E-state index in [1.165, 1.54) is 0 Å². The minimum absolute atomic E-state index is 0.00895. The summed E-state index contributed by atoms with van der Waals surface area (Å²) in [4.78, 5) is 29.8. The molecule has 1 N–H and O–H groups in total. The molecule has 2 aromatic rings. The van der Waals surface area contributed by atoms with E-state index in [9.17, 15) is 14.7 Å². The first-order valence-corrected chi connectivity index (χ1v) is 12.7. The van der Waals surface area contributed by atoms with Crippen LogP contribution in [0.3, 0.4) is 0 Å². The molecule has 0 bridgehead atoms. The van der Waals surface area contributed by atoms with Crippen LogP contribution in [0.5, 0.6) is 0 Å². The summed E-state index contributed by atoms with van der Waals surface area (Å²) in [6, 6.07) is 8.17. The van der Waals surface area contributed by atoms with Crippen LogP contribution in [0.1, 0.15) is 66.7 Å². The van der Waals surface area contributed by atoms with E-state index in [-0.39, 0.29) is 6.03 Å². The summed E-state index contributed by atoms with van der Waals surface area (Å²) >= 11 is 0. The van der Waals surface area contributed by atoms with E-state index in [0.717, 1.165) is 45.4 Å². The van der Waals surface area contributed by atoms with Crippen molar-refractivity contribution in [2.45, 2.75) is 72.8 Å². The van der Waals surface area contributed by atoms with Gasteiger partial charge in [0, 0.05) is 38.3 Å². The van der Waals surface area contributed by atoms with Gasteiger partial charge in [0.25, 0.3) is 0 Å². The van der Waals surface area contributed by atoms with Gasteiger partial charge in [-0.1, -0.05) is 29.8 Å². The van der Waals surface area contributed by atoms with E-state index in [2.05, 4.69) is 0 Å². The molecule has 2 aromatic carbocycles. The molecule has 2 heterocycles. The van der Waals surface area contributed by atoms with Crippen molar-refractivity contribution in [2.24, 2.45) is 0 Å². The van der Waals surface area contributed by atoms with Crippen LogP contribution < -0.4 is 0 Å². The van der Waals surface area contributed by atoms with Crippen LogP contribution in [-0.2, 0) is 27.4 Å². The number of fused-ring (bicyclic) bond motifs is 1. The summed E-state index contributed by atoms with van der Waals surface area (Å²) in [7, 11) is 0. The number of aliphatic carboxylic acids is 1. The Morgan fingerprint density at radius 1 is 0.944 bits per heavy atom. The second-order valence-electron chi connectivity index (χ2n) is 10.9. The van der Waals surface area contributed by atoms with Crippen LogP contribution in [0, 0.1) is 20.8 Å². The number of hydrogen-bond acceptors (Lipinski definition) is 4. The van der Waals surface area contributed by atoms with Gasteiger partial charge in [-0.15, -0.1) is 0 Å². The average molecular weight is 495 g/mol. The molecule has 36 heavy (non-hydrogen) atoms. The van der Waals surface area contributed by atoms with Crippen molar-refractivity contribution >= 4 is 12.0 Å². The fourth-order valence-electron chi connectivity index (χ4n) is 5.30. The summed E-state index contributed by atoms with van der Waals surface area (Å²) in [5.74, 6) is -1.02. The van der Waals surface area contributed by atoms with E-state index in [4.69, 9.17) is 9.47 Å². The SMILES string of the molecule is Cc1ccc(-c2c(C)c3c(c(C)c2[C@H](OC(C)(C)C)C(=O)O)CN(C(=O)N2CCCOCC2)C3)cc1. The molecule has 0 spiro atoms. The highest BCUT2D eigenvalue weighted by atomic mass is 16.5. The molecule has 0 aliphatic carbocycles. The maximum Gasteiger partial charge on any atom is 0.337 e. The standard InChI is InChI=1S/C29H38N2O5/c1-18-8-10-21(11-9-18)24-19(2)22-16-31(28(34)30-12-7-14-35-15-13-30)17-23(22)20(3)25(24)26(27(32)33)36-29(4,5)6/h8-11,26H,7,12-17H2,1-6H3,(H,32,33)/t26-/m0/s1. The number of rotatable bonds is 4. The van der Waals surface area contributed by atoms with Gasteiger partial charge in [0.15, 0.2) is 6.10 Å². The first-order valence-electron chi connectivity index (χ1n) is 12.7. The lowest BCUT2D eigenvalue weighted by Gasteiger charge is -2.29. The molecule has 2 aliphatic rings. The number of ether oxygens (including phenoxy) is 2. The second kappa shape index (κ2) is 10.2. The van der Waals surface area contributed by atoms with Crippen molar-refractivity contribution in [3.63, 3.8) is 0 Å². The molecule has 2 aliphatic heterocycles. The Hall–Kier alpha value is -2.90. The molecule has 1 saturated heterocycles. The molecular weight excluding hydrogens is 456 g/mol. The monoisotopic (exact) mass is 494 g/mol. The molecule has 194 valence electrons. The van der Waals surface area contributed by atoms with Gasteiger partial charge in [0.1, 0.15) is 0 Å². The van der Waals surface area contributed by atoms with Crippen molar-refractivity contribution in [1.82, 2.24) is 9.80 Å². The molecule has 2 amide bonds. The third-order valence-corrected chi connectivity index (χ3v) is 7.08. The van der Waals surface area contributed by atoms with E-state index < -0.39 is 17.7 Å². The van der Waals surface area contributed by atoms with Crippen LogP contribution in [0.4, 0.5) is 4.79 Å². The number of nitrogens with zero attached hydrogens (tertiary/aromatic N) is 2. The third-order valence-electron chi connectivity index (χ3n) is 7.08. The number of carbonyl (C=O) groups is 2. The number of hydrogen-bond donors (Lipinski definition) is 1. The minimum Gasteiger partial charge on any atom is -0.479 e. The Morgan fingerprint density at radius 2 is 1.58 bits per heavy atom. The lowest BCUT2D eigenvalue weighted by Crippen LogP contribution is -2.41. The summed E-state index contributed by atoms with van der Waals surface area (Å²) < 4.78 is 11.7.